The van der Waals surface area contributed by atoms with Crippen LogP contribution in [0.25, 0.3) is 0 Å². The number of hydrogen-bond acceptors (Lipinski definition) is 3. The molecule has 21 heavy (non-hydrogen) atoms. The van der Waals surface area contributed by atoms with Crippen LogP contribution >= 0.6 is 22.6 Å². The zero-order chi connectivity index (χ0) is 15.3. The third-order valence-corrected chi connectivity index (χ3v) is 5.14. The summed E-state index contributed by atoms with van der Waals surface area (Å²) in [4.78, 5) is 0. The Bertz CT molecular complexity index is 238. The number of hydrogen-bond donors (Lipinski definition) is 0. The van der Waals surface area contributed by atoms with E-state index in [0.29, 0.717) is 25.1 Å². The Morgan fingerprint density at radius 3 is 2.33 bits per heavy atom. The Morgan fingerprint density at radius 1 is 1.00 bits per heavy atom. The topological polar surface area (TPSA) is 27.7 Å². The molecule has 0 amide bonds. The van der Waals surface area contributed by atoms with Gasteiger partial charge in [0, 0.05) is 18.0 Å². The SMILES string of the molecule is CCCCCCCCC[C@H]1C[C@@H](OCOC)C[C@@H](CI)O1. The average Bonchev–Trinajstić information content (AvgIpc) is 2.51. The third kappa shape index (κ3) is 9.36. The molecule has 1 aliphatic heterocycles. The number of alkyl halides is 1. The highest BCUT2D eigenvalue weighted by Gasteiger charge is 2.29. The van der Waals surface area contributed by atoms with Crippen LogP contribution in [0, 0.1) is 0 Å². The van der Waals surface area contributed by atoms with Crippen LogP contribution in [0.5, 0.6) is 0 Å². The Kier molecular flexibility index (Phi) is 12.2. The summed E-state index contributed by atoms with van der Waals surface area (Å²) in [5.74, 6) is 0. The number of ether oxygens (including phenoxy) is 3. The quantitative estimate of drug-likeness (QED) is 0.193. The van der Waals surface area contributed by atoms with Crippen LogP contribution in [0.3, 0.4) is 0 Å². The summed E-state index contributed by atoms with van der Waals surface area (Å²) in [7, 11) is 1.69. The van der Waals surface area contributed by atoms with Gasteiger partial charge in [0.1, 0.15) is 6.79 Å². The predicted molar refractivity (Wildman–Crippen MR) is 96.1 cm³/mol. The Labute approximate surface area is 144 Å². The number of unbranched alkanes of at least 4 members (excludes halogenated alkanes) is 6. The lowest BCUT2D eigenvalue weighted by Gasteiger charge is -2.34. The molecule has 0 spiro atoms. The van der Waals surface area contributed by atoms with Gasteiger partial charge in [0.25, 0.3) is 0 Å². The fraction of sp³-hybridized carbons (Fsp3) is 1.00. The fourth-order valence-electron chi connectivity index (χ4n) is 2.98. The van der Waals surface area contributed by atoms with E-state index in [1.54, 1.807) is 7.11 Å². The van der Waals surface area contributed by atoms with E-state index in [-0.39, 0.29) is 0 Å². The summed E-state index contributed by atoms with van der Waals surface area (Å²) >= 11 is 2.42. The van der Waals surface area contributed by atoms with Crippen molar-refractivity contribution in [2.75, 3.05) is 18.3 Å². The summed E-state index contributed by atoms with van der Waals surface area (Å²) in [6.45, 7) is 2.68. The van der Waals surface area contributed by atoms with E-state index in [1.165, 1.54) is 51.4 Å². The standard InChI is InChI=1S/C17H33IO3/c1-3-4-5-6-7-8-9-10-15-11-16(20-14-19-2)12-17(13-18)21-15/h15-17H,3-14H2,1-2H3/t15-,16+,17-/m0/s1. The monoisotopic (exact) mass is 412 g/mol. The van der Waals surface area contributed by atoms with E-state index in [1.807, 2.05) is 0 Å². The van der Waals surface area contributed by atoms with E-state index in [9.17, 15) is 0 Å². The first kappa shape index (κ1) is 19.7. The Morgan fingerprint density at radius 2 is 1.67 bits per heavy atom. The lowest BCUT2D eigenvalue weighted by molar-refractivity contribution is -0.143. The van der Waals surface area contributed by atoms with E-state index in [2.05, 4.69) is 29.5 Å². The minimum atomic E-state index is 0.313. The highest BCUT2D eigenvalue weighted by Crippen LogP contribution is 2.26. The minimum absolute atomic E-state index is 0.313. The molecule has 1 saturated heterocycles. The van der Waals surface area contributed by atoms with Gasteiger partial charge in [-0.05, 0) is 12.8 Å². The van der Waals surface area contributed by atoms with Crippen molar-refractivity contribution >= 4 is 22.6 Å². The molecule has 1 rings (SSSR count). The predicted octanol–water partition coefficient (Wildman–Crippen LogP) is 5.10. The maximum atomic E-state index is 6.16. The van der Waals surface area contributed by atoms with E-state index in [4.69, 9.17) is 14.2 Å². The molecular formula is C17H33IO3. The molecular weight excluding hydrogens is 379 g/mol. The molecule has 0 saturated carbocycles. The Balaban J connectivity index is 2.13. The highest BCUT2D eigenvalue weighted by molar-refractivity contribution is 14.1. The second kappa shape index (κ2) is 13.1. The van der Waals surface area contributed by atoms with Crippen LogP contribution in [0.4, 0.5) is 0 Å². The van der Waals surface area contributed by atoms with Gasteiger partial charge in [-0.15, -0.1) is 0 Å². The maximum absolute atomic E-state index is 6.16. The van der Waals surface area contributed by atoms with Crippen LogP contribution in [-0.2, 0) is 14.2 Å². The van der Waals surface area contributed by atoms with Crippen molar-refractivity contribution in [1.82, 2.24) is 0 Å². The Hall–Kier alpha value is 0.610. The molecule has 0 bridgehead atoms. The highest BCUT2D eigenvalue weighted by atomic mass is 127. The molecule has 0 aromatic carbocycles. The van der Waals surface area contributed by atoms with Gasteiger partial charge in [0.2, 0.25) is 0 Å². The first-order valence-electron chi connectivity index (χ1n) is 8.62. The van der Waals surface area contributed by atoms with Gasteiger partial charge in [-0.1, -0.05) is 74.5 Å². The number of rotatable bonds is 12. The van der Waals surface area contributed by atoms with E-state index >= 15 is 0 Å². The average molecular weight is 412 g/mol. The van der Waals surface area contributed by atoms with Crippen molar-refractivity contribution in [3.63, 3.8) is 0 Å². The van der Waals surface area contributed by atoms with Crippen molar-refractivity contribution in [3.05, 3.63) is 0 Å². The van der Waals surface area contributed by atoms with Crippen molar-refractivity contribution in [1.29, 1.82) is 0 Å². The van der Waals surface area contributed by atoms with Gasteiger partial charge in [0.05, 0.1) is 18.3 Å². The van der Waals surface area contributed by atoms with Crippen molar-refractivity contribution in [2.45, 2.75) is 89.4 Å². The second-order valence-corrected chi connectivity index (χ2v) is 6.99. The van der Waals surface area contributed by atoms with Crippen LogP contribution in [0.1, 0.15) is 71.1 Å². The molecule has 3 atom stereocenters. The van der Waals surface area contributed by atoms with Crippen LogP contribution in [0.15, 0.2) is 0 Å². The largest absolute Gasteiger partial charge is 0.374 e. The van der Waals surface area contributed by atoms with Crippen LogP contribution < -0.4 is 0 Å². The van der Waals surface area contributed by atoms with Gasteiger partial charge < -0.3 is 14.2 Å². The summed E-state index contributed by atoms with van der Waals surface area (Å²) in [6, 6.07) is 0. The van der Waals surface area contributed by atoms with Crippen molar-refractivity contribution in [2.24, 2.45) is 0 Å². The molecule has 0 unspecified atom stereocenters. The third-order valence-electron chi connectivity index (χ3n) is 4.16. The second-order valence-electron chi connectivity index (χ2n) is 6.11. The molecule has 1 aliphatic rings. The molecule has 3 nitrogen and oxygen atoms in total. The van der Waals surface area contributed by atoms with Gasteiger partial charge in [-0.3, -0.25) is 0 Å². The minimum Gasteiger partial charge on any atom is -0.374 e. The zero-order valence-corrected chi connectivity index (χ0v) is 16.0. The first-order valence-corrected chi connectivity index (χ1v) is 10.1. The number of methoxy groups -OCH3 is 1. The molecule has 1 heterocycles. The summed E-state index contributed by atoms with van der Waals surface area (Å²) in [5.41, 5.74) is 0. The van der Waals surface area contributed by atoms with Gasteiger partial charge >= 0.3 is 0 Å². The molecule has 126 valence electrons. The molecule has 1 fully saturated rings. The molecule has 0 N–H and O–H groups in total. The van der Waals surface area contributed by atoms with Crippen LogP contribution in [-0.4, -0.2) is 36.6 Å². The normalized spacial score (nSPS) is 26.1. The lowest BCUT2D eigenvalue weighted by Crippen LogP contribution is -2.38. The molecule has 4 heteroatoms. The van der Waals surface area contributed by atoms with Gasteiger partial charge in [-0.25, -0.2) is 0 Å². The van der Waals surface area contributed by atoms with Crippen molar-refractivity contribution in [3.8, 4) is 0 Å². The van der Waals surface area contributed by atoms with Gasteiger partial charge in [-0.2, -0.15) is 0 Å². The first-order chi connectivity index (χ1) is 10.3. The smallest absolute Gasteiger partial charge is 0.146 e. The van der Waals surface area contributed by atoms with Gasteiger partial charge in [0.15, 0.2) is 0 Å². The zero-order valence-electron chi connectivity index (χ0n) is 13.8. The molecule has 0 aliphatic carbocycles. The molecule has 0 aromatic rings. The number of halogens is 1. The fourth-order valence-corrected chi connectivity index (χ4v) is 3.55. The van der Waals surface area contributed by atoms with Crippen LogP contribution in [0.2, 0.25) is 0 Å². The van der Waals surface area contributed by atoms with E-state index < -0.39 is 0 Å². The lowest BCUT2D eigenvalue weighted by atomic mass is 9.97. The maximum Gasteiger partial charge on any atom is 0.146 e. The molecule has 0 radical (unpaired) electrons. The van der Waals surface area contributed by atoms with Crippen molar-refractivity contribution < 1.29 is 14.2 Å². The summed E-state index contributed by atoms with van der Waals surface area (Å²) in [6.07, 6.45) is 13.8. The summed E-state index contributed by atoms with van der Waals surface area (Å²) < 4.78 is 18.0. The molecule has 0 aromatic heterocycles. The van der Waals surface area contributed by atoms with E-state index in [0.717, 1.165) is 17.3 Å². The summed E-state index contributed by atoms with van der Waals surface area (Å²) in [5, 5.41) is 0.